The van der Waals surface area contributed by atoms with E-state index >= 15 is 0 Å². The van der Waals surface area contributed by atoms with E-state index in [9.17, 15) is 4.39 Å². The van der Waals surface area contributed by atoms with E-state index in [0.717, 1.165) is 6.42 Å². The number of nitrogens with one attached hydrogen (secondary N) is 1. The highest BCUT2D eigenvalue weighted by Crippen LogP contribution is 2.17. The SMILES string of the molecule is CCCOCCOc1nccc(CNC(C)C)c1F. The molecule has 0 radical (unpaired) electrons. The van der Waals surface area contributed by atoms with Crippen LogP contribution in [0.15, 0.2) is 12.3 Å². The molecule has 0 spiro atoms. The van der Waals surface area contributed by atoms with Gasteiger partial charge in [-0.1, -0.05) is 20.8 Å². The maximum absolute atomic E-state index is 14.0. The third-order valence-electron chi connectivity index (χ3n) is 2.45. The van der Waals surface area contributed by atoms with E-state index in [1.54, 1.807) is 12.3 Å². The van der Waals surface area contributed by atoms with Gasteiger partial charge in [0.1, 0.15) is 6.61 Å². The number of halogens is 1. The summed E-state index contributed by atoms with van der Waals surface area (Å²) in [7, 11) is 0. The fourth-order valence-electron chi connectivity index (χ4n) is 1.46. The van der Waals surface area contributed by atoms with E-state index in [-0.39, 0.29) is 5.88 Å². The zero-order valence-electron chi connectivity index (χ0n) is 11.9. The Labute approximate surface area is 114 Å². The molecule has 1 heterocycles. The lowest BCUT2D eigenvalue weighted by Gasteiger charge is -2.11. The van der Waals surface area contributed by atoms with E-state index in [1.165, 1.54) is 0 Å². The van der Waals surface area contributed by atoms with Crippen molar-refractivity contribution in [3.63, 3.8) is 0 Å². The van der Waals surface area contributed by atoms with Crippen molar-refractivity contribution >= 4 is 0 Å². The van der Waals surface area contributed by atoms with Gasteiger partial charge in [0, 0.05) is 31.0 Å². The Bertz CT molecular complexity index is 372. The van der Waals surface area contributed by atoms with Crippen LogP contribution in [0.1, 0.15) is 32.8 Å². The van der Waals surface area contributed by atoms with Gasteiger partial charge in [-0.3, -0.25) is 0 Å². The molecule has 0 aliphatic heterocycles. The molecular weight excluding hydrogens is 247 g/mol. The van der Waals surface area contributed by atoms with Crippen molar-refractivity contribution in [2.24, 2.45) is 0 Å². The maximum atomic E-state index is 14.0. The van der Waals surface area contributed by atoms with Crippen molar-refractivity contribution in [3.8, 4) is 5.88 Å². The van der Waals surface area contributed by atoms with Gasteiger partial charge in [-0.25, -0.2) is 9.37 Å². The molecule has 108 valence electrons. The molecule has 0 saturated carbocycles. The zero-order valence-corrected chi connectivity index (χ0v) is 11.9. The number of pyridine rings is 1. The summed E-state index contributed by atoms with van der Waals surface area (Å²) >= 11 is 0. The molecule has 0 atom stereocenters. The van der Waals surface area contributed by atoms with E-state index in [1.807, 2.05) is 20.8 Å². The van der Waals surface area contributed by atoms with Crippen LogP contribution in [0.5, 0.6) is 5.88 Å². The molecule has 1 N–H and O–H groups in total. The predicted molar refractivity (Wildman–Crippen MR) is 72.8 cm³/mol. The Kier molecular flexibility index (Phi) is 7.36. The largest absolute Gasteiger partial charge is 0.473 e. The number of hydrogen-bond donors (Lipinski definition) is 1. The lowest BCUT2D eigenvalue weighted by atomic mass is 10.2. The second-order valence-corrected chi connectivity index (χ2v) is 4.59. The zero-order chi connectivity index (χ0) is 14.1. The van der Waals surface area contributed by atoms with Crippen LogP contribution in [0.2, 0.25) is 0 Å². The van der Waals surface area contributed by atoms with Crippen LogP contribution in [0.3, 0.4) is 0 Å². The fraction of sp³-hybridized carbons (Fsp3) is 0.643. The quantitative estimate of drug-likeness (QED) is 0.700. The molecule has 0 saturated heterocycles. The van der Waals surface area contributed by atoms with Crippen molar-refractivity contribution < 1.29 is 13.9 Å². The molecule has 0 bridgehead atoms. The smallest absolute Gasteiger partial charge is 0.250 e. The first kappa shape index (κ1) is 15.9. The van der Waals surface area contributed by atoms with E-state index in [0.29, 0.717) is 38.0 Å². The van der Waals surface area contributed by atoms with E-state index in [2.05, 4.69) is 10.3 Å². The topological polar surface area (TPSA) is 43.4 Å². The first-order chi connectivity index (χ1) is 9.15. The van der Waals surface area contributed by atoms with E-state index in [4.69, 9.17) is 9.47 Å². The molecule has 4 nitrogen and oxygen atoms in total. The molecule has 0 fully saturated rings. The lowest BCUT2D eigenvalue weighted by Crippen LogP contribution is -2.22. The first-order valence-corrected chi connectivity index (χ1v) is 6.72. The van der Waals surface area contributed by atoms with Gasteiger partial charge in [0.2, 0.25) is 0 Å². The number of aromatic nitrogens is 1. The minimum absolute atomic E-state index is 0.0446. The van der Waals surface area contributed by atoms with Crippen molar-refractivity contribution in [1.29, 1.82) is 0 Å². The Balaban J connectivity index is 2.47. The minimum Gasteiger partial charge on any atom is -0.473 e. The summed E-state index contributed by atoms with van der Waals surface area (Å²) in [4.78, 5) is 3.90. The summed E-state index contributed by atoms with van der Waals surface area (Å²) in [6.45, 7) is 7.98. The third-order valence-corrected chi connectivity index (χ3v) is 2.45. The third kappa shape index (κ3) is 5.98. The predicted octanol–water partition coefficient (Wildman–Crippen LogP) is 2.52. The molecule has 0 amide bonds. The molecule has 1 aromatic heterocycles. The standard InChI is InChI=1S/C14H23FN2O2/c1-4-7-18-8-9-19-14-13(15)12(5-6-16-14)10-17-11(2)3/h5-6,11,17H,4,7-10H2,1-3H3. The van der Waals surface area contributed by atoms with E-state index < -0.39 is 5.82 Å². The highest BCUT2D eigenvalue weighted by atomic mass is 19.1. The molecule has 0 aromatic carbocycles. The molecule has 1 rings (SSSR count). The highest BCUT2D eigenvalue weighted by Gasteiger charge is 2.10. The maximum Gasteiger partial charge on any atom is 0.250 e. The van der Waals surface area contributed by atoms with Crippen LogP contribution in [-0.2, 0) is 11.3 Å². The summed E-state index contributed by atoms with van der Waals surface area (Å²) in [6, 6.07) is 1.96. The van der Waals surface area contributed by atoms with Gasteiger partial charge >= 0.3 is 0 Å². The average Bonchev–Trinajstić information content (AvgIpc) is 2.38. The van der Waals surface area contributed by atoms with Gasteiger partial charge in [-0.2, -0.15) is 0 Å². The van der Waals surface area contributed by atoms with Gasteiger partial charge in [0.15, 0.2) is 5.82 Å². The Morgan fingerprint density at radius 2 is 2.11 bits per heavy atom. The minimum atomic E-state index is -0.397. The van der Waals surface area contributed by atoms with Crippen LogP contribution in [0, 0.1) is 5.82 Å². The number of ether oxygens (including phenoxy) is 2. The van der Waals surface area contributed by atoms with Gasteiger partial charge in [0.25, 0.3) is 5.88 Å². The Hall–Kier alpha value is -1.20. The summed E-state index contributed by atoms with van der Waals surface area (Å²) < 4.78 is 24.6. The van der Waals surface area contributed by atoms with Crippen LogP contribution in [-0.4, -0.2) is 30.8 Å². The van der Waals surface area contributed by atoms with Gasteiger partial charge in [0.05, 0.1) is 6.61 Å². The number of hydrogen-bond acceptors (Lipinski definition) is 4. The van der Waals surface area contributed by atoms with Crippen LogP contribution in [0.25, 0.3) is 0 Å². The molecule has 19 heavy (non-hydrogen) atoms. The first-order valence-electron chi connectivity index (χ1n) is 6.72. The lowest BCUT2D eigenvalue weighted by molar-refractivity contribution is 0.0973. The summed E-state index contributed by atoms with van der Waals surface area (Å²) in [5.74, 6) is -0.353. The summed E-state index contributed by atoms with van der Waals surface area (Å²) in [5.41, 5.74) is 0.563. The normalized spacial score (nSPS) is 11.0. The molecular formula is C14H23FN2O2. The van der Waals surface area contributed by atoms with Crippen LogP contribution < -0.4 is 10.1 Å². The summed E-state index contributed by atoms with van der Waals surface area (Å²) in [6.07, 6.45) is 2.52. The van der Waals surface area contributed by atoms with Crippen molar-refractivity contribution in [3.05, 3.63) is 23.6 Å². The molecule has 0 unspecified atom stereocenters. The Morgan fingerprint density at radius 3 is 2.79 bits per heavy atom. The van der Waals surface area contributed by atoms with Crippen LogP contribution >= 0.6 is 0 Å². The van der Waals surface area contributed by atoms with Gasteiger partial charge in [-0.05, 0) is 12.5 Å². The van der Waals surface area contributed by atoms with Gasteiger partial charge < -0.3 is 14.8 Å². The highest BCUT2D eigenvalue weighted by molar-refractivity contribution is 5.23. The Morgan fingerprint density at radius 1 is 1.32 bits per heavy atom. The molecule has 5 heteroatoms. The van der Waals surface area contributed by atoms with Crippen molar-refractivity contribution in [2.75, 3.05) is 19.8 Å². The molecule has 0 aliphatic rings. The molecule has 0 aliphatic carbocycles. The second-order valence-electron chi connectivity index (χ2n) is 4.59. The number of nitrogens with zero attached hydrogens (tertiary/aromatic N) is 1. The molecule has 1 aromatic rings. The number of rotatable bonds is 9. The van der Waals surface area contributed by atoms with Crippen LogP contribution in [0.4, 0.5) is 4.39 Å². The fourth-order valence-corrected chi connectivity index (χ4v) is 1.46. The summed E-state index contributed by atoms with van der Waals surface area (Å²) in [5, 5.41) is 3.17. The average molecular weight is 270 g/mol. The second kappa shape index (κ2) is 8.82. The monoisotopic (exact) mass is 270 g/mol. The van der Waals surface area contributed by atoms with Gasteiger partial charge in [-0.15, -0.1) is 0 Å². The van der Waals surface area contributed by atoms with Crippen molar-refractivity contribution in [2.45, 2.75) is 39.8 Å². The van der Waals surface area contributed by atoms with Crippen molar-refractivity contribution in [1.82, 2.24) is 10.3 Å².